The lowest BCUT2D eigenvalue weighted by Gasteiger charge is -2.27. The molecule has 7 nitrogen and oxygen atoms in total. The van der Waals surface area contributed by atoms with E-state index < -0.39 is 13.6 Å². The number of ketones is 2. The first-order valence-electron chi connectivity index (χ1n) is 10.0. The number of hydrogen-bond acceptors (Lipinski definition) is 5. The molecule has 0 amide bonds. The van der Waals surface area contributed by atoms with Crippen molar-refractivity contribution in [3.63, 3.8) is 0 Å². The number of hydrogen-bond donors (Lipinski definition) is 1. The zero-order valence-electron chi connectivity index (χ0n) is 17.0. The number of rotatable bonds is 4. The monoisotopic (exact) mass is 437 g/mol. The van der Waals surface area contributed by atoms with Crippen LogP contribution in [0.4, 0.5) is 0 Å². The number of benzene rings is 2. The average Bonchev–Trinajstić information content (AvgIpc) is 3.12. The molecule has 2 atom stereocenters. The summed E-state index contributed by atoms with van der Waals surface area (Å²) in [6.45, 7) is 4.11. The molecule has 8 heteroatoms. The van der Waals surface area contributed by atoms with Crippen LogP contribution in [0.3, 0.4) is 0 Å². The highest BCUT2D eigenvalue weighted by atomic mass is 31.2. The third kappa shape index (κ3) is 3.00. The van der Waals surface area contributed by atoms with Gasteiger partial charge in [0.05, 0.1) is 23.3 Å². The van der Waals surface area contributed by atoms with Gasteiger partial charge in [0.2, 0.25) is 0 Å². The van der Waals surface area contributed by atoms with Crippen LogP contribution in [-0.4, -0.2) is 27.6 Å². The van der Waals surface area contributed by atoms with E-state index in [0.717, 1.165) is 16.8 Å². The van der Waals surface area contributed by atoms with Crippen molar-refractivity contribution in [2.24, 2.45) is 0 Å². The highest BCUT2D eigenvalue weighted by molar-refractivity contribution is 7.47. The van der Waals surface area contributed by atoms with Gasteiger partial charge in [-0.25, -0.2) is 4.57 Å². The summed E-state index contributed by atoms with van der Waals surface area (Å²) in [5.74, 6) is -0.891. The second-order valence-corrected chi connectivity index (χ2v) is 9.04. The molecule has 1 aliphatic heterocycles. The highest BCUT2D eigenvalue weighted by Crippen LogP contribution is 2.47. The van der Waals surface area contributed by atoms with Gasteiger partial charge in [-0.2, -0.15) is 0 Å². The van der Waals surface area contributed by atoms with Gasteiger partial charge < -0.3 is 9.09 Å². The first kappa shape index (κ1) is 19.9. The lowest BCUT2D eigenvalue weighted by molar-refractivity contribution is 0.0977. The van der Waals surface area contributed by atoms with Gasteiger partial charge in [-0.05, 0) is 24.1 Å². The van der Waals surface area contributed by atoms with Crippen molar-refractivity contribution in [3.05, 3.63) is 87.7 Å². The molecule has 31 heavy (non-hydrogen) atoms. The predicted octanol–water partition coefficient (Wildman–Crippen LogP) is 4.29. The van der Waals surface area contributed by atoms with Crippen LogP contribution in [-0.2, 0) is 15.6 Å². The molecular formula is C23H20NO6P. The zero-order chi connectivity index (χ0) is 21.9. The average molecular weight is 437 g/mol. The summed E-state index contributed by atoms with van der Waals surface area (Å²) in [4.78, 5) is 36.9. The van der Waals surface area contributed by atoms with Gasteiger partial charge in [0, 0.05) is 29.9 Å². The second-order valence-electron chi connectivity index (χ2n) is 7.67. The smallest absolute Gasteiger partial charge is 0.403 e. The third-order valence-electron chi connectivity index (χ3n) is 5.87. The third-order valence-corrected chi connectivity index (χ3v) is 6.88. The highest BCUT2D eigenvalue weighted by Gasteiger charge is 2.40. The number of carbonyl (C=O) groups excluding carboxylic acids is 2. The van der Waals surface area contributed by atoms with E-state index >= 15 is 0 Å². The molecule has 1 N–H and O–H groups in total. The van der Waals surface area contributed by atoms with Gasteiger partial charge in [0.1, 0.15) is 5.75 Å². The Morgan fingerprint density at radius 3 is 2.58 bits per heavy atom. The van der Waals surface area contributed by atoms with E-state index in [9.17, 15) is 19.0 Å². The van der Waals surface area contributed by atoms with Gasteiger partial charge >= 0.3 is 7.82 Å². The van der Waals surface area contributed by atoms with Gasteiger partial charge in [0.15, 0.2) is 11.6 Å². The first-order chi connectivity index (χ1) is 14.8. The standard InChI is InChI=1S/C23H20NO6P/c1-3-29-31(27,28)30-18-10-6-9-16-19(18)23(26)17-12-24-11-14-7-4-5-8-15(14)13(2)21(24)20(17)22(16)25/h4-10,12-13H,3,11H2,1-2H3,(H,27,28). The molecule has 1 aromatic heterocycles. The van der Waals surface area contributed by atoms with E-state index in [-0.39, 0.29) is 40.7 Å². The minimum absolute atomic E-state index is 0.0120. The van der Waals surface area contributed by atoms with E-state index in [4.69, 9.17) is 9.05 Å². The van der Waals surface area contributed by atoms with Crippen LogP contribution in [0, 0.1) is 0 Å². The quantitative estimate of drug-likeness (QED) is 0.479. The van der Waals surface area contributed by atoms with Crippen molar-refractivity contribution >= 4 is 19.4 Å². The Balaban J connectivity index is 1.65. The molecule has 0 saturated carbocycles. The summed E-state index contributed by atoms with van der Waals surface area (Å²) in [6.07, 6.45) is 1.71. The Labute approximate surface area is 178 Å². The molecule has 0 bridgehead atoms. The summed E-state index contributed by atoms with van der Waals surface area (Å²) in [7, 11) is -4.42. The lowest BCUT2D eigenvalue weighted by atomic mass is 9.81. The summed E-state index contributed by atoms with van der Waals surface area (Å²) in [5.41, 5.74) is 3.92. The number of phosphoric ester groups is 1. The van der Waals surface area contributed by atoms with Crippen molar-refractivity contribution in [2.75, 3.05) is 6.61 Å². The van der Waals surface area contributed by atoms with E-state index in [1.54, 1.807) is 19.2 Å². The van der Waals surface area contributed by atoms with Crippen molar-refractivity contribution in [1.82, 2.24) is 4.57 Å². The Morgan fingerprint density at radius 1 is 1.06 bits per heavy atom. The normalized spacial score (nSPS) is 18.5. The molecule has 0 spiro atoms. The maximum absolute atomic E-state index is 13.5. The topological polar surface area (TPSA) is 94.8 Å². The fourth-order valence-corrected chi connectivity index (χ4v) is 5.40. The summed E-state index contributed by atoms with van der Waals surface area (Å²) in [6, 6.07) is 12.5. The fraction of sp³-hybridized carbons (Fsp3) is 0.217. The van der Waals surface area contributed by atoms with Crippen molar-refractivity contribution in [2.45, 2.75) is 26.3 Å². The maximum atomic E-state index is 13.5. The Bertz CT molecular complexity index is 1310. The van der Waals surface area contributed by atoms with E-state index in [1.807, 2.05) is 35.8 Å². The van der Waals surface area contributed by atoms with Gasteiger partial charge in [-0.3, -0.25) is 19.0 Å². The van der Waals surface area contributed by atoms with Crippen LogP contribution < -0.4 is 4.52 Å². The minimum Gasteiger partial charge on any atom is -0.403 e. The molecule has 1 aliphatic carbocycles. The maximum Gasteiger partial charge on any atom is 0.527 e. The number of nitrogens with zero attached hydrogens (tertiary/aromatic N) is 1. The Morgan fingerprint density at radius 2 is 1.81 bits per heavy atom. The van der Waals surface area contributed by atoms with Crippen molar-refractivity contribution in [3.8, 4) is 5.75 Å². The largest absolute Gasteiger partial charge is 0.527 e. The molecular weight excluding hydrogens is 417 g/mol. The van der Waals surface area contributed by atoms with E-state index in [0.29, 0.717) is 12.1 Å². The van der Waals surface area contributed by atoms with E-state index in [1.165, 1.54) is 12.1 Å². The number of phosphoric acid groups is 1. The van der Waals surface area contributed by atoms with Crippen molar-refractivity contribution in [1.29, 1.82) is 0 Å². The first-order valence-corrected chi connectivity index (χ1v) is 11.5. The Kier molecular flexibility index (Phi) is 4.52. The zero-order valence-corrected chi connectivity index (χ0v) is 17.9. The number of carbonyl (C=O) groups is 2. The molecule has 0 saturated heterocycles. The van der Waals surface area contributed by atoms with Crippen LogP contribution in [0.15, 0.2) is 48.7 Å². The predicted molar refractivity (Wildman–Crippen MR) is 113 cm³/mol. The SMILES string of the molecule is CCOP(=O)(O)Oc1cccc2c1C(=O)c1cn3c(c1C2=O)C(C)c1ccccc1C3. The van der Waals surface area contributed by atoms with Crippen LogP contribution in [0.2, 0.25) is 0 Å². The number of aromatic nitrogens is 1. The summed E-state index contributed by atoms with van der Waals surface area (Å²) >= 11 is 0. The lowest BCUT2D eigenvalue weighted by Crippen LogP contribution is -2.23. The Hall–Kier alpha value is -2.99. The molecule has 0 radical (unpaired) electrons. The fourth-order valence-electron chi connectivity index (χ4n) is 4.62. The van der Waals surface area contributed by atoms with Crippen LogP contribution in [0.1, 0.15) is 68.4 Å². The van der Waals surface area contributed by atoms with Crippen LogP contribution in [0.5, 0.6) is 5.75 Å². The molecule has 2 aromatic carbocycles. The summed E-state index contributed by atoms with van der Waals surface area (Å²) < 4.78 is 24.0. The van der Waals surface area contributed by atoms with Crippen LogP contribution >= 0.6 is 7.82 Å². The van der Waals surface area contributed by atoms with Gasteiger partial charge in [-0.15, -0.1) is 0 Å². The molecule has 2 unspecified atom stereocenters. The van der Waals surface area contributed by atoms with Gasteiger partial charge in [0.25, 0.3) is 0 Å². The second kappa shape index (κ2) is 7.02. The van der Waals surface area contributed by atoms with Gasteiger partial charge in [-0.1, -0.05) is 43.3 Å². The molecule has 158 valence electrons. The minimum atomic E-state index is -4.42. The van der Waals surface area contributed by atoms with E-state index in [2.05, 4.69) is 0 Å². The number of fused-ring (bicyclic) bond motifs is 5. The molecule has 2 heterocycles. The summed E-state index contributed by atoms with van der Waals surface area (Å²) in [5, 5.41) is 0. The molecule has 0 fully saturated rings. The molecule has 3 aromatic rings. The molecule has 5 rings (SSSR count). The van der Waals surface area contributed by atoms with Crippen LogP contribution in [0.25, 0.3) is 0 Å². The van der Waals surface area contributed by atoms with Crippen molar-refractivity contribution < 1.29 is 28.1 Å². The molecule has 2 aliphatic rings.